The molecule has 0 fully saturated rings. The summed E-state index contributed by atoms with van der Waals surface area (Å²) in [4.78, 5) is 0. The van der Waals surface area contributed by atoms with Crippen molar-refractivity contribution in [3.8, 4) is 5.75 Å². The molecule has 0 radical (unpaired) electrons. The Bertz CT molecular complexity index is 346. The molecule has 1 aromatic rings. The Kier molecular flexibility index (Phi) is 8.82. The van der Waals surface area contributed by atoms with Crippen LogP contribution in [0, 0.1) is 0 Å². The summed E-state index contributed by atoms with van der Waals surface area (Å²) in [6.45, 7) is 2.29. The van der Waals surface area contributed by atoms with Crippen LogP contribution in [0.3, 0.4) is 0 Å². The van der Waals surface area contributed by atoms with Crippen LogP contribution in [0.25, 0.3) is 0 Å². The molecule has 0 spiro atoms. The van der Waals surface area contributed by atoms with Gasteiger partial charge in [0.2, 0.25) is 0 Å². The molecule has 0 aliphatic heterocycles. The molecular weight excluding hydrogens is 312 g/mol. The molecule has 4 nitrogen and oxygen atoms in total. The molecule has 1 aromatic carbocycles. The fourth-order valence-electron chi connectivity index (χ4n) is 1.64. The van der Waals surface area contributed by atoms with Gasteiger partial charge in [-0.25, -0.2) is 0 Å². The molecule has 0 amide bonds. The summed E-state index contributed by atoms with van der Waals surface area (Å²) in [6, 6.07) is 7.87. The molecule has 0 aliphatic rings. The van der Waals surface area contributed by atoms with Crippen molar-refractivity contribution in [2.24, 2.45) is 0 Å². The molecule has 1 unspecified atom stereocenters. The van der Waals surface area contributed by atoms with E-state index >= 15 is 0 Å². The molecule has 0 bridgehead atoms. The van der Waals surface area contributed by atoms with Crippen molar-refractivity contribution in [1.29, 1.82) is 0 Å². The smallest absolute Gasteiger partial charge is 0.124 e. The van der Waals surface area contributed by atoms with E-state index in [1.54, 1.807) is 14.2 Å². The van der Waals surface area contributed by atoms with E-state index in [0.29, 0.717) is 31.8 Å². The summed E-state index contributed by atoms with van der Waals surface area (Å²) >= 11 is 3.47. The third-order valence-corrected chi connectivity index (χ3v) is 3.19. The van der Waals surface area contributed by atoms with E-state index in [2.05, 4.69) is 15.9 Å². The van der Waals surface area contributed by atoms with E-state index in [0.717, 1.165) is 11.3 Å². The highest BCUT2D eigenvalue weighted by Gasteiger charge is 2.14. The SMILES string of the molecule is COCCOCCOC(CBr)c1ccccc1OC. The standard InChI is InChI=1S/C14H21BrO4/c1-16-7-8-18-9-10-19-14(11-15)12-5-3-4-6-13(12)17-2/h3-6,14H,7-11H2,1-2H3. The molecule has 108 valence electrons. The van der Waals surface area contributed by atoms with E-state index in [-0.39, 0.29) is 6.10 Å². The molecule has 0 N–H and O–H groups in total. The third-order valence-electron chi connectivity index (χ3n) is 2.60. The Morgan fingerprint density at radius 2 is 1.79 bits per heavy atom. The maximum atomic E-state index is 5.81. The number of hydrogen-bond donors (Lipinski definition) is 0. The van der Waals surface area contributed by atoms with E-state index < -0.39 is 0 Å². The predicted molar refractivity (Wildman–Crippen MR) is 78.2 cm³/mol. The summed E-state index contributed by atoms with van der Waals surface area (Å²) in [6.07, 6.45) is -0.0397. The number of halogens is 1. The van der Waals surface area contributed by atoms with Crippen LogP contribution in [0.15, 0.2) is 24.3 Å². The number of alkyl halides is 1. The van der Waals surface area contributed by atoms with Gasteiger partial charge in [0, 0.05) is 18.0 Å². The van der Waals surface area contributed by atoms with Crippen LogP contribution in [0.5, 0.6) is 5.75 Å². The Labute approximate surface area is 123 Å². The highest BCUT2D eigenvalue weighted by atomic mass is 79.9. The van der Waals surface area contributed by atoms with Gasteiger partial charge in [0.25, 0.3) is 0 Å². The van der Waals surface area contributed by atoms with E-state index in [1.165, 1.54) is 0 Å². The van der Waals surface area contributed by atoms with Crippen molar-refractivity contribution in [3.05, 3.63) is 29.8 Å². The molecule has 0 saturated carbocycles. The van der Waals surface area contributed by atoms with Crippen molar-refractivity contribution in [1.82, 2.24) is 0 Å². The topological polar surface area (TPSA) is 36.9 Å². The highest BCUT2D eigenvalue weighted by molar-refractivity contribution is 9.09. The van der Waals surface area contributed by atoms with Gasteiger partial charge in [-0.3, -0.25) is 0 Å². The summed E-state index contributed by atoms with van der Waals surface area (Å²) in [5.41, 5.74) is 1.04. The fourth-order valence-corrected chi connectivity index (χ4v) is 2.18. The van der Waals surface area contributed by atoms with Gasteiger partial charge >= 0.3 is 0 Å². The lowest BCUT2D eigenvalue weighted by molar-refractivity contribution is 0.000135. The van der Waals surface area contributed by atoms with Crippen LogP contribution in [0.2, 0.25) is 0 Å². The minimum atomic E-state index is -0.0397. The third kappa shape index (κ3) is 5.91. The molecule has 0 aliphatic carbocycles. The molecule has 5 heteroatoms. The van der Waals surface area contributed by atoms with Gasteiger partial charge in [0.05, 0.1) is 39.6 Å². The average Bonchev–Trinajstić information content (AvgIpc) is 2.47. The van der Waals surface area contributed by atoms with Crippen molar-refractivity contribution in [2.75, 3.05) is 46.0 Å². The first-order valence-electron chi connectivity index (χ1n) is 6.20. The number of benzene rings is 1. The quantitative estimate of drug-likeness (QED) is 0.487. The van der Waals surface area contributed by atoms with Crippen LogP contribution in [-0.2, 0) is 14.2 Å². The van der Waals surface area contributed by atoms with Gasteiger partial charge in [-0.1, -0.05) is 34.1 Å². The van der Waals surface area contributed by atoms with Gasteiger partial charge in [0.15, 0.2) is 0 Å². The number of methoxy groups -OCH3 is 2. The minimum absolute atomic E-state index is 0.0397. The Hall–Kier alpha value is -0.620. The van der Waals surface area contributed by atoms with Crippen LogP contribution in [0.1, 0.15) is 11.7 Å². The normalized spacial score (nSPS) is 12.4. The second-order valence-electron chi connectivity index (χ2n) is 3.86. The first-order chi connectivity index (χ1) is 9.33. The van der Waals surface area contributed by atoms with Gasteiger partial charge < -0.3 is 18.9 Å². The monoisotopic (exact) mass is 332 g/mol. The maximum Gasteiger partial charge on any atom is 0.124 e. The Morgan fingerprint density at radius 1 is 1.05 bits per heavy atom. The van der Waals surface area contributed by atoms with Crippen molar-refractivity contribution in [2.45, 2.75) is 6.10 Å². The summed E-state index contributed by atoms with van der Waals surface area (Å²) in [7, 11) is 3.32. The van der Waals surface area contributed by atoms with Crippen LogP contribution >= 0.6 is 15.9 Å². The molecule has 1 atom stereocenters. The molecule has 0 aromatic heterocycles. The second kappa shape index (κ2) is 10.2. The molecule has 0 heterocycles. The van der Waals surface area contributed by atoms with Gasteiger partial charge in [0.1, 0.15) is 5.75 Å². The van der Waals surface area contributed by atoms with E-state index in [9.17, 15) is 0 Å². The lowest BCUT2D eigenvalue weighted by Gasteiger charge is -2.18. The number of hydrogen-bond acceptors (Lipinski definition) is 4. The summed E-state index contributed by atoms with van der Waals surface area (Å²) < 4.78 is 21.4. The average molecular weight is 333 g/mol. The first-order valence-corrected chi connectivity index (χ1v) is 7.32. The van der Waals surface area contributed by atoms with Gasteiger partial charge in [-0.05, 0) is 6.07 Å². The van der Waals surface area contributed by atoms with E-state index in [4.69, 9.17) is 18.9 Å². The lowest BCUT2D eigenvalue weighted by atomic mass is 10.1. The zero-order chi connectivity index (χ0) is 13.9. The van der Waals surface area contributed by atoms with Gasteiger partial charge in [-0.15, -0.1) is 0 Å². The zero-order valence-electron chi connectivity index (χ0n) is 11.4. The molecule has 0 saturated heterocycles. The van der Waals surface area contributed by atoms with Crippen LogP contribution in [-0.4, -0.2) is 46.0 Å². The van der Waals surface area contributed by atoms with E-state index in [1.807, 2.05) is 24.3 Å². The summed E-state index contributed by atoms with van der Waals surface area (Å²) in [5.74, 6) is 0.840. The zero-order valence-corrected chi connectivity index (χ0v) is 13.0. The minimum Gasteiger partial charge on any atom is -0.496 e. The fraction of sp³-hybridized carbons (Fsp3) is 0.571. The highest BCUT2D eigenvalue weighted by Crippen LogP contribution is 2.28. The molecule has 19 heavy (non-hydrogen) atoms. The lowest BCUT2D eigenvalue weighted by Crippen LogP contribution is -2.13. The number of ether oxygens (including phenoxy) is 4. The maximum absolute atomic E-state index is 5.81. The Morgan fingerprint density at radius 3 is 2.47 bits per heavy atom. The number of rotatable bonds is 10. The second-order valence-corrected chi connectivity index (χ2v) is 4.51. The van der Waals surface area contributed by atoms with Crippen molar-refractivity contribution >= 4 is 15.9 Å². The molecular formula is C14H21BrO4. The van der Waals surface area contributed by atoms with Crippen molar-refractivity contribution < 1.29 is 18.9 Å². The van der Waals surface area contributed by atoms with Crippen LogP contribution in [0.4, 0.5) is 0 Å². The van der Waals surface area contributed by atoms with Gasteiger partial charge in [-0.2, -0.15) is 0 Å². The largest absolute Gasteiger partial charge is 0.496 e. The number of para-hydroxylation sites is 1. The Balaban J connectivity index is 2.40. The van der Waals surface area contributed by atoms with Crippen molar-refractivity contribution in [3.63, 3.8) is 0 Å². The predicted octanol–water partition coefficient (Wildman–Crippen LogP) is 2.81. The first kappa shape index (κ1) is 16.4. The summed E-state index contributed by atoms with van der Waals surface area (Å²) in [5, 5.41) is 0.714. The molecule has 1 rings (SSSR count). The van der Waals surface area contributed by atoms with Crippen LogP contribution < -0.4 is 4.74 Å².